The van der Waals surface area contributed by atoms with Gasteiger partial charge in [-0.15, -0.1) is 0 Å². The van der Waals surface area contributed by atoms with E-state index in [2.05, 4.69) is 20.8 Å². The number of hydrogen-bond acceptors (Lipinski definition) is 3. The van der Waals surface area contributed by atoms with Crippen molar-refractivity contribution < 1.29 is 13.3 Å². The second-order valence-corrected chi connectivity index (χ2v) is 12.4. The van der Waals surface area contributed by atoms with Crippen molar-refractivity contribution in [1.82, 2.24) is 0 Å². The van der Waals surface area contributed by atoms with Gasteiger partial charge in [0.1, 0.15) is 0 Å². The third kappa shape index (κ3) is 15.8. The molecule has 0 heterocycles. The first-order chi connectivity index (χ1) is 14.5. The first kappa shape index (κ1) is 30.1. The van der Waals surface area contributed by atoms with E-state index >= 15 is 0 Å². The van der Waals surface area contributed by atoms with Crippen LogP contribution in [0.15, 0.2) is 0 Å². The smallest absolute Gasteiger partial charge is 0.377 e. The molecule has 1 radical (unpaired) electrons. The molecule has 0 aliphatic rings. The topological polar surface area (TPSA) is 27.7 Å². The van der Waals surface area contributed by atoms with Gasteiger partial charge in [0.25, 0.3) is 0 Å². The average molecular weight is 444 g/mol. The van der Waals surface area contributed by atoms with Crippen molar-refractivity contribution in [3.8, 4) is 0 Å². The highest BCUT2D eigenvalue weighted by molar-refractivity contribution is 6.60. The zero-order valence-electron chi connectivity index (χ0n) is 21.5. The molecule has 3 nitrogen and oxygen atoms in total. The quantitative estimate of drug-likeness (QED) is 0.117. The van der Waals surface area contributed by atoms with E-state index in [-0.39, 0.29) is 0 Å². The molecule has 0 saturated carbocycles. The number of unbranched alkanes of at least 4 members (excludes halogenated alkanes) is 15. The van der Waals surface area contributed by atoms with Crippen LogP contribution < -0.4 is 0 Å². The van der Waals surface area contributed by atoms with E-state index < -0.39 is 8.80 Å². The molecule has 0 aromatic rings. The van der Waals surface area contributed by atoms with E-state index in [1.54, 1.807) is 21.3 Å². The summed E-state index contributed by atoms with van der Waals surface area (Å²) in [5.41, 5.74) is 0. The Bertz CT molecular complexity index is 337. The Labute approximate surface area is 191 Å². The number of hydrogen-bond donors (Lipinski definition) is 0. The van der Waals surface area contributed by atoms with Crippen LogP contribution in [0.1, 0.15) is 130 Å². The van der Waals surface area contributed by atoms with Gasteiger partial charge in [-0.25, -0.2) is 0 Å². The van der Waals surface area contributed by atoms with Gasteiger partial charge in [0.05, 0.1) is 0 Å². The van der Waals surface area contributed by atoms with Gasteiger partial charge < -0.3 is 13.3 Å². The highest BCUT2D eigenvalue weighted by Gasteiger charge is 2.41. The predicted molar refractivity (Wildman–Crippen MR) is 134 cm³/mol. The third-order valence-corrected chi connectivity index (χ3v) is 9.51. The summed E-state index contributed by atoms with van der Waals surface area (Å²) < 4.78 is 16.9. The molecule has 0 rings (SSSR count). The molecule has 1 unspecified atom stereocenters. The summed E-state index contributed by atoms with van der Waals surface area (Å²) in [6.45, 7) is 6.76. The van der Waals surface area contributed by atoms with Crippen molar-refractivity contribution in [1.29, 1.82) is 0 Å². The molecule has 30 heavy (non-hydrogen) atoms. The fourth-order valence-electron chi connectivity index (χ4n) is 4.34. The lowest BCUT2D eigenvalue weighted by molar-refractivity contribution is 0.118. The van der Waals surface area contributed by atoms with Crippen molar-refractivity contribution in [2.75, 3.05) is 21.3 Å². The van der Waals surface area contributed by atoms with Gasteiger partial charge in [-0.1, -0.05) is 124 Å². The summed E-state index contributed by atoms with van der Waals surface area (Å²) in [6, 6.07) is 0.900. The van der Waals surface area contributed by atoms with Crippen LogP contribution in [0.2, 0.25) is 6.04 Å². The second-order valence-electron chi connectivity index (χ2n) is 9.37. The summed E-state index contributed by atoms with van der Waals surface area (Å²) in [4.78, 5) is 0. The first-order valence-electron chi connectivity index (χ1n) is 13.0. The lowest BCUT2D eigenvalue weighted by atomic mass is 9.91. The van der Waals surface area contributed by atoms with Crippen LogP contribution in [0, 0.1) is 11.8 Å². The molecule has 4 heteroatoms. The van der Waals surface area contributed by atoms with E-state index in [0.717, 1.165) is 6.04 Å². The van der Waals surface area contributed by atoms with Crippen LogP contribution in [0.5, 0.6) is 0 Å². The molecule has 0 aliphatic carbocycles. The molecule has 181 valence electrons. The van der Waals surface area contributed by atoms with Gasteiger partial charge in [0.2, 0.25) is 0 Å². The Morgan fingerprint density at radius 1 is 0.567 bits per heavy atom. The first-order valence-corrected chi connectivity index (χ1v) is 14.9. The Kier molecular flexibility index (Phi) is 21.0. The molecule has 0 aliphatic heterocycles. The third-order valence-electron chi connectivity index (χ3n) is 6.65. The Morgan fingerprint density at radius 3 is 1.20 bits per heavy atom. The summed E-state index contributed by atoms with van der Waals surface area (Å²) in [5.74, 6) is 2.02. The monoisotopic (exact) mass is 443 g/mol. The largest absolute Gasteiger partial charge is 0.500 e. The molecule has 0 bridgehead atoms. The molecule has 0 fully saturated rings. The molecule has 0 aromatic heterocycles. The zero-order chi connectivity index (χ0) is 22.5. The van der Waals surface area contributed by atoms with Gasteiger partial charge in [0, 0.05) is 27.4 Å². The molecule has 0 N–H and O–H groups in total. The van der Waals surface area contributed by atoms with Crippen molar-refractivity contribution in [3.63, 3.8) is 0 Å². The van der Waals surface area contributed by atoms with Crippen LogP contribution >= 0.6 is 0 Å². The maximum absolute atomic E-state index is 5.63. The van der Waals surface area contributed by atoms with Gasteiger partial charge in [-0.3, -0.25) is 0 Å². The summed E-state index contributed by atoms with van der Waals surface area (Å²) in [5, 5.41) is 0. The van der Waals surface area contributed by atoms with E-state index in [4.69, 9.17) is 13.3 Å². The highest BCUT2D eigenvalue weighted by atomic mass is 28.4. The maximum atomic E-state index is 5.63. The van der Waals surface area contributed by atoms with Crippen LogP contribution in [0.4, 0.5) is 0 Å². The van der Waals surface area contributed by atoms with Gasteiger partial charge in [0.15, 0.2) is 0 Å². The molecule has 0 saturated heterocycles. The molecular weight excluding hydrogens is 388 g/mol. The zero-order valence-corrected chi connectivity index (χ0v) is 22.5. The minimum atomic E-state index is -2.47. The predicted octanol–water partition coefficient (Wildman–Crippen LogP) is 8.75. The molecule has 0 aromatic carbocycles. The standard InChI is InChI=1S/C26H55O3Si/c1-7-8-9-10-11-12-13-14-15-16-17-18-19-20-21-22-23-26(25(2)3)24-30(27-4,28-5)29-6/h26H,7-24H2,1-6H3. The van der Waals surface area contributed by atoms with Crippen LogP contribution in [0.25, 0.3) is 0 Å². The Balaban J connectivity index is 3.58. The fraction of sp³-hybridized carbons (Fsp3) is 0.962. The van der Waals surface area contributed by atoms with Gasteiger partial charge in [-0.05, 0) is 18.3 Å². The van der Waals surface area contributed by atoms with Crippen molar-refractivity contribution in [2.45, 2.75) is 136 Å². The Hall–Kier alpha value is 0.0969. The second kappa shape index (κ2) is 21.0. The lowest BCUT2D eigenvalue weighted by Gasteiger charge is -2.30. The van der Waals surface area contributed by atoms with E-state index in [9.17, 15) is 0 Å². The highest BCUT2D eigenvalue weighted by Crippen LogP contribution is 2.30. The number of rotatable bonds is 23. The minimum Gasteiger partial charge on any atom is -0.377 e. The molecular formula is C26H55O3Si. The van der Waals surface area contributed by atoms with Crippen LogP contribution in [-0.2, 0) is 13.3 Å². The lowest BCUT2D eigenvalue weighted by Crippen LogP contribution is -2.45. The van der Waals surface area contributed by atoms with Crippen LogP contribution in [-0.4, -0.2) is 30.1 Å². The molecule has 1 atom stereocenters. The average Bonchev–Trinajstić information content (AvgIpc) is 2.75. The van der Waals surface area contributed by atoms with Crippen LogP contribution in [0.3, 0.4) is 0 Å². The summed E-state index contributed by atoms with van der Waals surface area (Å²) in [6.07, 6.45) is 23.9. The minimum absolute atomic E-state index is 0.545. The summed E-state index contributed by atoms with van der Waals surface area (Å²) in [7, 11) is 2.68. The van der Waals surface area contributed by atoms with Crippen molar-refractivity contribution >= 4 is 8.80 Å². The Morgan fingerprint density at radius 2 is 0.900 bits per heavy atom. The molecule has 0 spiro atoms. The van der Waals surface area contributed by atoms with Crippen molar-refractivity contribution in [2.24, 2.45) is 5.92 Å². The van der Waals surface area contributed by atoms with E-state index in [0.29, 0.717) is 5.92 Å². The van der Waals surface area contributed by atoms with E-state index in [1.165, 1.54) is 115 Å². The van der Waals surface area contributed by atoms with Gasteiger partial charge in [-0.2, -0.15) is 0 Å². The normalized spacial score (nSPS) is 13.3. The summed E-state index contributed by atoms with van der Waals surface area (Å²) >= 11 is 0. The maximum Gasteiger partial charge on any atom is 0.500 e. The fourth-order valence-corrected chi connectivity index (χ4v) is 6.55. The van der Waals surface area contributed by atoms with E-state index in [1.807, 2.05) is 0 Å². The SMILES string of the molecule is CCCCCCCCCCCCCCCCCCC(C[Si](OC)(OC)OC)[C](C)C. The van der Waals surface area contributed by atoms with Crippen molar-refractivity contribution in [3.05, 3.63) is 5.92 Å². The van der Waals surface area contributed by atoms with Gasteiger partial charge >= 0.3 is 8.80 Å². The molecule has 0 amide bonds.